The summed E-state index contributed by atoms with van der Waals surface area (Å²) in [6, 6.07) is 0.337. The van der Waals surface area contributed by atoms with Gasteiger partial charge in [0.05, 0.1) is 0 Å². The lowest BCUT2D eigenvalue weighted by Crippen LogP contribution is -2.37. The summed E-state index contributed by atoms with van der Waals surface area (Å²) in [4.78, 5) is 11.4. The van der Waals surface area contributed by atoms with Gasteiger partial charge < -0.3 is 5.73 Å². The molecule has 0 aliphatic heterocycles. The summed E-state index contributed by atoms with van der Waals surface area (Å²) in [5, 5.41) is 0. The largest absolute Gasteiger partial charge is 0.328 e. The molecule has 0 aromatic heterocycles. The lowest BCUT2D eigenvalue weighted by Gasteiger charge is -2.36. The molecular formula is C10H19NO. The van der Waals surface area contributed by atoms with E-state index in [1.54, 1.807) is 6.92 Å². The van der Waals surface area contributed by atoms with Gasteiger partial charge in [-0.25, -0.2) is 0 Å². The van der Waals surface area contributed by atoms with Crippen molar-refractivity contribution >= 4 is 5.78 Å². The molecule has 0 aromatic carbocycles. The predicted octanol–water partition coefficient (Wildman–Crippen LogP) is 1.87. The lowest BCUT2D eigenvalue weighted by molar-refractivity contribution is -0.128. The van der Waals surface area contributed by atoms with Crippen LogP contribution in [0.5, 0.6) is 0 Å². The summed E-state index contributed by atoms with van der Waals surface area (Å²) in [6.45, 7) is 3.83. The van der Waals surface area contributed by atoms with E-state index >= 15 is 0 Å². The van der Waals surface area contributed by atoms with Crippen molar-refractivity contribution in [1.29, 1.82) is 0 Å². The summed E-state index contributed by atoms with van der Waals surface area (Å²) in [6.07, 6.45) is 5.02. The normalized spacial score (nSPS) is 36.4. The van der Waals surface area contributed by atoms with Gasteiger partial charge in [-0.1, -0.05) is 6.92 Å². The van der Waals surface area contributed by atoms with Crippen LogP contribution in [0, 0.1) is 5.41 Å². The second kappa shape index (κ2) is 3.56. The predicted molar refractivity (Wildman–Crippen MR) is 49.8 cm³/mol. The number of rotatable bonds is 2. The highest BCUT2D eigenvalue weighted by atomic mass is 16.1. The molecule has 1 saturated carbocycles. The van der Waals surface area contributed by atoms with Crippen molar-refractivity contribution in [2.75, 3.05) is 0 Å². The summed E-state index contributed by atoms with van der Waals surface area (Å²) >= 11 is 0. The summed E-state index contributed by atoms with van der Waals surface area (Å²) in [5.74, 6) is 0.358. The van der Waals surface area contributed by atoms with Gasteiger partial charge in [0.1, 0.15) is 5.78 Å². The zero-order valence-electron chi connectivity index (χ0n) is 8.10. The van der Waals surface area contributed by atoms with E-state index in [4.69, 9.17) is 5.73 Å². The highest BCUT2D eigenvalue weighted by Crippen LogP contribution is 2.39. The molecule has 0 atom stereocenters. The van der Waals surface area contributed by atoms with Gasteiger partial charge in [0.25, 0.3) is 0 Å². The number of carbonyl (C=O) groups excluding carboxylic acids is 1. The van der Waals surface area contributed by atoms with Crippen LogP contribution in [0.1, 0.15) is 46.0 Å². The number of carbonyl (C=O) groups is 1. The maximum Gasteiger partial charge on any atom is 0.135 e. The topological polar surface area (TPSA) is 43.1 Å². The number of hydrogen-bond donors (Lipinski definition) is 1. The van der Waals surface area contributed by atoms with Crippen LogP contribution in [0.4, 0.5) is 0 Å². The Morgan fingerprint density at radius 3 is 2.33 bits per heavy atom. The Hall–Kier alpha value is -0.370. The zero-order valence-corrected chi connectivity index (χ0v) is 8.10. The Morgan fingerprint density at radius 2 is 2.00 bits per heavy atom. The zero-order chi connectivity index (χ0) is 9.19. The maximum absolute atomic E-state index is 11.4. The van der Waals surface area contributed by atoms with E-state index in [1.165, 1.54) is 0 Å². The smallest absolute Gasteiger partial charge is 0.135 e. The first-order chi connectivity index (χ1) is 5.60. The van der Waals surface area contributed by atoms with Crippen LogP contribution in [-0.4, -0.2) is 11.8 Å². The maximum atomic E-state index is 11.4. The Balaban J connectivity index is 2.63. The van der Waals surface area contributed by atoms with E-state index in [-0.39, 0.29) is 5.41 Å². The molecule has 12 heavy (non-hydrogen) atoms. The molecule has 1 fully saturated rings. The van der Waals surface area contributed by atoms with Crippen molar-refractivity contribution < 1.29 is 4.79 Å². The third-order valence-electron chi connectivity index (χ3n) is 3.41. The molecule has 0 unspecified atom stereocenters. The van der Waals surface area contributed by atoms with Crippen molar-refractivity contribution in [2.45, 2.75) is 52.0 Å². The number of ketones is 1. The third kappa shape index (κ3) is 1.69. The third-order valence-corrected chi connectivity index (χ3v) is 3.41. The molecule has 70 valence electrons. The van der Waals surface area contributed by atoms with Crippen LogP contribution in [0.15, 0.2) is 0 Å². The van der Waals surface area contributed by atoms with Crippen LogP contribution in [0.2, 0.25) is 0 Å². The molecule has 0 radical (unpaired) electrons. The molecule has 0 saturated heterocycles. The van der Waals surface area contributed by atoms with Crippen LogP contribution in [0.3, 0.4) is 0 Å². The van der Waals surface area contributed by atoms with Crippen molar-refractivity contribution in [3.63, 3.8) is 0 Å². The SMILES string of the molecule is CCC1(C(C)=O)CCC(N)CC1. The first-order valence-corrected chi connectivity index (χ1v) is 4.87. The molecule has 0 spiro atoms. The average molecular weight is 169 g/mol. The van der Waals surface area contributed by atoms with E-state index in [9.17, 15) is 4.79 Å². The van der Waals surface area contributed by atoms with E-state index in [2.05, 4.69) is 6.92 Å². The summed E-state index contributed by atoms with van der Waals surface area (Å²) in [7, 11) is 0. The van der Waals surface area contributed by atoms with Gasteiger partial charge in [-0.2, -0.15) is 0 Å². The van der Waals surface area contributed by atoms with Crippen LogP contribution in [-0.2, 0) is 4.79 Å². The standard InChI is InChI=1S/C10H19NO/c1-3-10(8(2)12)6-4-9(11)5-7-10/h9H,3-7,11H2,1-2H3. The second-order valence-corrected chi connectivity index (χ2v) is 4.03. The molecule has 2 nitrogen and oxygen atoms in total. The van der Waals surface area contributed by atoms with Gasteiger partial charge in [0.15, 0.2) is 0 Å². The van der Waals surface area contributed by atoms with E-state index in [1.807, 2.05) is 0 Å². The fraction of sp³-hybridized carbons (Fsp3) is 0.900. The molecule has 0 aromatic rings. The summed E-state index contributed by atoms with van der Waals surface area (Å²) in [5.41, 5.74) is 5.78. The monoisotopic (exact) mass is 169 g/mol. The van der Waals surface area contributed by atoms with Crippen molar-refractivity contribution in [3.05, 3.63) is 0 Å². The molecule has 2 heteroatoms. The minimum Gasteiger partial charge on any atom is -0.328 e. The molecule has 1 aliphatic rings. The molecule has 0 bridgehead atoms. The number of Topliss-reactive ketones (excluding diaryl/α,β-unsaturated/α-hetero) is 1. The van der Waals surface area contributed by atoms with Gasteiger partial charge in [0.2, 0.25) is 0 Å². The van der Waals surface area contributed by atoms with E-state index in [0.717, 1.165) is 32.1 Å². The molecule has 2 N–H and O–H groups in total. The van der Waals surface area contributed by atoms with E-state index < -0.39 is 0 Å². The first kappa shape index (κ1) is 9.72. The van der Waals surface area contributed by atoms with Gasteiger partial charge in [0, 0.05) is 11.5 Å². The molecule has 0 amide bonds. The summed E-state index contributed by atoms with van der Waals surface area (Å²) < 4.78 is 0. The Bertz CT molecular complexity index is 169. The van der Waals surface area contributed by atoms with Crippen LogP contribution < -0.4 is 5.73 Å². The van der Waals surface area contributed by atoms with Crippen molar-refractivity contribution in [3.8, 4) is 0 Å². The van der Waals surface area contributed by atoms with Gasteiger partial charge in [-0.15, -0.1) is 0 Å². The van der Waals surface area contributed by atoms with Crippen molar-refractivity contribution in [2.24, 2.45) is 11.1 Å². The highest BCUT2D eigenvalue weighted by Gasteiger charge is 2.36. The number of nitrogens with two attached hydrogens (primary N) is 1. The van der Waals surface area contributed by atoms with Crippen molar-refractivity contribution in [1.82, 2.24) is 0 Å². The van der Waals surface area contributed by atoms with E-state index in [0.29, 0.717) is 11.8 Å². The lowest BCUT2D eigenvalue weighted by atomic mass is 9.68. The minimum absolute atomic E-state index is 0.0180. The van der Waals surface area contributed by atoms with Crippen LogP contribution in [0.25, 0.3) is 0 Å². The average Bonchev–Trinajstić information content (AvgIpc) is 2.06. The highest BCUT2D eigenvalue weighted by molar-refractivity contribution is 5.82. The van der Waals surface area contributed by atoms with Gasteiger partial charge >= 0.3 is 0 Å². The first-order valence-electron chi connectivity index (χ1n) is 4.87. The minimum atomic E-state index is -0.0180. The Kier molecular flexibility index (Phi) is 2.89. The van der Waals surface area contributed by atoms with Gasteiger partial charge in [-0.05, 0) is 39.0 Å². The Morgan fingerprint density at radius 1 is 1.50 bits per heavy atom. The molecule has 1 rings (SSSR count). The molecule has 1 aliphatic carbocycles. The second-order valence-electron chi connectivity index (χ2n) is 4.03. The molecular weight excluding hydrogens is 150 g/mol. The molecule has 0 heterocycles. The Labute approximate surface area is 74.5 Å². The fourth-order valence-electron chi connectivity index (χ4n) is 2.15. The van der Waals surface area contributed by atoms with Crippen LogP contribution >= 0.6 is 0 Å². The quantitative estimate of drug-likeness (QED) is 0.685. The van der Waals surface area contributed by atoms with Gasteiger partial charge in [-0.3, -0.25) is 4.79 Å². The number of hydrogen-bond acceptors (Lipinski definition) is 2. The fourth-order valence-corrected chi connectivity index (χ4v) is 2.15.